The molecule has 2 aromatic heterocycles. The van der Waals surface area contributed by atoms with Gasteiger partial charge in [0.25, 0.3) is 0 Å². The first-order chi connectivity index (χ1) is 17.1. The molecule has 0 unspecified atom stereocenters. The Morgan fingerprint density at radius 1 is 1.09 bits per heavy atom. The largest absolute Gasteiger partial charge is 0.493 e. The summed E-state index contributed by atoms with van der Waals surface area (Å²) in [6.07, 6.45) is 4.68. The molecule has 35 heavy (non-hydrogen) atoms. The van der Waals surface area contributed by atoms with Gasteiger partial charge in [0.1, 0.15) is 11.6 Å². The van der Waals surface area contributed by atoms with Crippen LogP contribution in [0, 0.1) is 11.8 Å². The lowest BCUT2D eigenvalue weighted by Gasteiger charge is -2.33. The molecule has 0 radical (unpaired) electrons. The Balaban J connectivity index is 1.12. The number of rotatable bonds is 10. The van der Waals surface area contributed by atoms with Crippen molar-refractivity contribution in [2.75, 3.05) is 31.1 Å². The van der Waals surface area contributed by atoms with Crippen molar-refractivity contribution in [2.24, 2.45) is 11.8 Å². The molecule has 1 aromatic carbocycles. The quantitative estimate of drug-likeness (QED) is 0.386. The number of aromatic nitrogens is 2. The monoisotopic (exact) mass is 492 g/mol. The van der Waals surface area contributed by atoms with Crippen molar-refractivity contribution in [3.05, 3.63) is 59.0 Å². The van der Waals surface area contributed by atoms with Crippen LogP contribution in [0.5, 0.6) is 5.75 Å². The number of hydrogen-bond donors (Lipinski definition) is 1. The molecular formula is C27H32N4O3S. The Labute approximate surface area is 210 Å². The van der Waals surface area contributed by atoms with E-state index in [0.717, 1.165) is 73.4 Å². The third-order valence-corrected chi connectivity index (χ3v) is 7.56. The molecule has 3 heterocycles. The Hall–Kier alpha value is -3.13. The van der Waals surface area contributed by atoms with Crippen LogP contribution in [0.2, 0.25) is 0 Å². The lowest BCUT2D eigenvalue weighted by molar-refractivity contribution is 0.137. The molecule has 0 spiro atoms. The van der Waals surface area contributed by atoms with Crippen molar-refractivity contribution in [2.45, 2.75) is 38.6 Å². The van der Waals surface area contributed by atoms with Gasteiger partial charge in [-0.2, -0.15) is 0 Å². The molecule has 1 N–H and O–H groups in total. The average molecular weight is 493 g/mol. The van der Waals surface area contributed by atoms with E-state index in [1.807, 2.05) is 17.5 Å². The van der Waals surface area contributed by atoms with E-state index in [1.165, 1.54) is 29.1 Å². The molecule has 1 aliphatic heterocycles. The van der Waals surface area contributed by atoms with Gasteiger partial charge >= 0.3 is 6.09 Å². The first-order valence-corrected chi connectivity index (χ1v) is 13.4. The van der Waals surface area contributed by atoms with Crippen LogP contribution in [0.4, 0.5) is 10.6 Å². The van der Waals surface area contributed by atoms with Crippen molar-refractivity contribution >= 4 is 23.2 Å². The molecule has 8 heteroatoms. The Kier molecular flexibility index (Phi) is 7.47. The van der Waals surface area contributed by atoms with Crippen LogP contribution >= 0.6 is 11.3 Å². The average Bonchev–Trinajstić information content (AvgIpc) is 3.59. The maximum absolute atomic E-state index is 11.6. The number of piperidine rings is 1. The summed E-state index contributed by atoms with van der Waals surface area (Å²) in [5, 5.41) is 11.5. The second kappa shape index (κ2) is 11.1. The third kappa shape index (κ3) is 6.51. The van der Waals surface area contributed by atoms with Gasteiger partial charge < -0.3 is 19.6 Å². The number of amides is 1. The minimum absolute atomic E-state index is 0.363. The SMILES string of the molecule is O=C(O)N(CCC1CCN(c2cccc(-c3ccc(OCC4CC4)cc3)n2)CC1)Cc1cscn1. The van der Waals surface area contributed by atoms with Crippen LogP contribution in [0.15, 0.2) is 53.4 Å². The minimum Gasteiger partial charge on any atom is -0.493 e. The zero-order chi connectivity index (χ0) is 24.0. The van der Waals surface area contributed by atoms with Crippen molar-refractivity contribution in [1.82, 2.24) is 14.9 Å². The number of thiazole rings is 1. The lowest BCUT2D eigenvalue weighted by Crippen LogP contribution is -2.36. The van der Waals surface area contributed by atoms with E-state index >= 15 is 0 Å². The summed E-state index contributed by atoms with van der Waals surface area (Å²) in [5.41, 5.74) is 4.62. The smallest absolute Gasteiger partial charge is 0.407 e. The van der Waals surface area contributed by atoms with Crippen LogP contribution < -0.4 is 9.64 Å². The van der Waals surface area contributed by atoms with Crippen molar-refractivity contribution < 1.29 is 14.6 Å². The van der Waals surface area contributed by atoms with Crippen LogP contribution in [0.25, 0.3) is 11.3 Å². The number of benzene rings is 1. The predicted molar refractivity (Wildman–Crippen MR) is 138 cm³/mol. The van der Waals surface area contributed by atoms with Gasteiger partial charge in [-0.15, -0.1) is 11.3 Å². The zero-order valence-electron chi connectivity index (χ0n) is 19.9. The second-order valence-electron chi connectivity index (χ2n) is 9.56. The molecule has 1 saturated heterocycles. The van der Waals surface area contributed by atoms with Crippen LogP contribution in [0.3, 0.4) is 0 Å². The molecular weight excluding hydrogens is 460 g/mol. The molecule has 1 saturated carbocycles. The molecule has 2 aliphatic rings. The molecule has 1 aliphatic carbocycles. The Morgan fingerprint density at radius 2 is 1.89 bits per heavy atom. The van der Waals surface area contributed by atoms with Crippen LogP contribution in [0.1, 0.15) is 37.8 Å². The van der Waals surface area contributed by atoms with Gasteiger partial charge in [0.2, 0.25) is 0 Å². The minimum atomic E-state index is -0.876. The van der Waals surface area contributed by atoms with E-state index in [-0.39, 0.29) is 0 Å². The molecule has 0 bridgehead atoms. The number of hydrogen-bond acceptors (Lipinski definition) is 6. The number of ether oxygens (including phenoxy) is 1. The standard InChI is InChI=1S/C27H32N4O3S/c32-27(33)31(16-23-18-35-19-28-23)15-12-20-10-13-30(14-11-20)26-3-1-2-25(29-26)22-6-8-24(9-7-22)34-17-21-4-5-21/h1-3,6-9,18-21H,4-5,10-17H2,(H,32,33). The first-order valence-electron chi connectivity index (χ1n) is 12.4. The van der Waals surface area contributed by atoms with Gasteiger partial charge in [-0.05, 0) is 80.3 Å². The van der Waals surface area contributed by atoms with Crippen LogP contribution in [-0.2, 0) is 6.54 Å². The topological polar surface area (TPSA) is 78.8 Å². The molecule has 2 fully saturated rings. The fourth-order valence-corrected chi connectivity index (χ4v) is 5.07. The second-order valence-corrected chi connectivity index (χ2v) is 10.3. The summed E-state index contributed by atoms with van der Waals surface area (Å²) in [7, 11) is 0. The highest BCUT2D eigenvalue weighted by molar-refractivity contribution is 7.07. The predicted octanol–water partition coefficient (Wildman–Crippen LogP) is 5.78. The van der Waals surface area contributed by atoms with E-state index in [4.69, 9.17) is 9.72 Å². The first kappa shape index (κ1) is 23.6. The fraction of sp³-hybridized carbons (Fsp3) is 0.444. The summed E-state index contributed by atoms with van der Waals surface area (Å²) in [5.74, 6) is 3.20. The normalized spacial score (nSPS) is 16.3. The van der Waals surface area contributed by atoms with E-state index in [9.17, 15) is 9.90 Å². The highest BCUT2D eigenvalue weighted by Crippen LogP contribution is 2.30. The number of carbonyl (C=O) groups is 1. The van der Waals surface area contributed by atoms with E-state index in [2.05, 4.69) is 40.2 Å². The highest BCUT2D eigenvalue weighted by atomic mass is 32.1. The van der Waals surface area contributed by atoms with E-state index < -0.39 is 6.09 Å². The van der Waals surface area contributed by atoms with Gasteiger partial charge in [-0.3, -0.25) is 0 Å². The van der Waals surface area contributed by atoms with Crippen molar-refractivity contribution in [3.63, 3.8) is 0 Å². The van der Waals surface area contributed by atoms with Crippen LogP contribution in [-0.4, -0.2) is 52.3 Å². The molecule has 0 atom stereocenters. The van der Waals surface area contributed by atoms with E-state index in [0.29, 0.717) is 19.0 Å². The summed E-state index contributed by atoms with van der Waals surface area (Å²) in [6, 6.07) is 14.4. The number of pyridine rings is 1. The third-order valence-electron chi connectivity index (χ3n) is 6.92. The Morgan fingerprint density at radius 3 is 2.57 bits per heavy atom. The summed E-state index contributed by atoms with van der Waals surface area (Å²) < 4.78 is 5.86. The molecule has 7 nitrogen and oxygen atoms in total. The molecule has 3 aromatic rings. The Bertz CT molecular complexity index is 1090. The number of anilines is 1. The number of nitrogens with zero attached hydrogens (tertiary/aromatic N) is 4. The fourth-order valence-electron chi connectivity index (χ4n) is 4.52. The summed E-state index contributed by atoms with van der Waals surface area (Å²) >= 11 is 1.49. The summed E-state index contributed by atoms with van der Waals surface area (Å²) in [4.78, 5) is 24.6. The molecule has 5 rings (SSSR count). The summed E-state index contributed by atoms with van der Waals surface area (Å²) in [6.45, 7) is 3.61. The highest BCUT2D eigenvalue weighted by Gasteiger charge is 2.23. The van der Waals surface area contributed by atoms with Crippen molar-refractivity contribution in [1.29, 1.82) is 0 Å². The maximum Gasteiger partial charge on any atom is 0.407 e. The van der Waals surface area contributed by atoms with Gasteiger partial charge in [-0.1, -0.05) is 6.07 Å². The van der Waals surface area contributed by atoms with Gasteiger partial charge in [-0.25, -0.2) is 14.8 Å². The lowest BCUT2D eigenvalue weighted by atomic mass is 9.93. The molecule has 1 amide bonds. The molecule has 184 valence electrons. The van der Waals surface area contributed by atoms with E-state index in [1.54, 1.807) is 5.51 Å². The zero-order valence-corrected chi connectivity index (χ0v) is 20.7. The maximum atomic E-state index is 11.6. The van der Waals surface area contributed by atoms with Gasteiger partial charge in [0.05, 0.1) is 30.1 Å². The van der Waals surface area contributed by atoms with Gasteiger partial charge in [0, 0.05) is 30.6 Å². The van der Waals surface area contributed by atoms with Crippen molar-refractivity contribution in [3.8, 4) is 17.0 Å². The number of carboxylic acid groups (broad SMARTS) is 1. The van der Waals surface area contributed by atoms with Gasteiger partial charge in [0.15, 0.2) is 0 Å².